The highest BCUT2D eigenvalue weighted by Gasteiger charge is 2.44. The van der Waals surface area contributed by atoms with E-state index in [2.05, 4.69) is 11.9 Å². The van der Waals surface area contributed by atoms with Crippen LogP contribution in [0.1, 0.15) is 0 Å². The quantitative estimate of drug-likeness (QED) is 0.511. The van der Waals surface area contributed by atoms with Crippen LogP contribution in [0.5, 0.6) is 0 Å². The van der Waals surface area contributed by atoms with Gasteiger partial charge in [0.2, 0.25) is 0 Å². The van der Waals surface area contributed by atoms with E-state index in [1.54, 1.807) is 0 Å². The summed E-state index contributed by atoms with van der Waals surface area (Å²) >= 11 is 0. The summed E-state index contributed by atoms with van der Waals surface area (Å²) in [5, 5.41) is 10.5. The lowest BCUT2D eigenvalue weighted by molar-refractivity contribution is -0.192. The van der Waals surface area contributed by atoms with Crippen LogP contribution in [0, 0.1) is 5.92 Å². The van der Waals surface area contributed by atoms with Gasteiger partial charge in [-0.3, -0.25) is 4.79 Å². The van der Waals surface area contributed by atoms with Crippen LogP contribution in [-0.4, -0.2) is 30.3 Å². The molecule has 0 saturated carbocycles. The molecule has 0 fully saturated rings. The Hall–Kier alpha value is -1.04. The molecule has 0 spiro atoms. The largest absolute Gasteiger partial charge is 0.481 e. The molecule has 2 N–H and O–H groups in total. The van der Waals surface area contributed by atoms with Crippen LogP contribution in [-0.2, 0) is 4.79 Å². The third-order valence-corrected chi connectivity index (χ3v) is 1.33. The summed E-state index contributed by atoms with van der Waals surface area (Å²) in [6.07, 6.45) is -3.35. The Bertz CT molecular complexity index is 191. The number of carboxylic acids is 1. The van der Waals surface area contributed by atoms with Crippen LogP contribution in [0.25, 0.3) is 0 Å². The minimum absolute atomic E-state index is 0.153. The number of carboxylic acid groups (broad SMARTS) is 1. The summed E-state index contributed by atoms with van der Waals surface area (Å²) in [6.45, 7) is 2.79. The normalized spacial score (nSPS) is 13.8. The van der Waals surface area contributed by atoms with Gasteiger partial charge in [-0.15, -0.1) is 6.58 Å². The number of hydrogen-bond donors (Lipinski definition) is 2. The average molecular weight is 197 g/mol. The van der Waals surface area contributed by atoms with E-state index in [0.717, 1.165) is 0 Å². The van der Waals surface area contributed by atoms with Crippen LogP contribution >= 0.6 is 0 Å². The molecule has 0 bridgehead atoms. The molecule has 3 nitrogen and oxygen atoms in total. The standard InChI is InChI=1S/C7H10F3NO2/c1-2-3-11-4-5(6(12)13)7(8,9)10/h2,5,11H,1,3-4H2,(H,12,13). The van der Waals surface area contributed by atoms with E-state index < -0.39 is 24.6 Å². The summed E-state index contributed by atoms with van der Waals surface area (Å²) in [6, 6.07) is 0. The molecule has 0 aromatic carbocycles. The highest BCUT2D eigenvalue weighted by Crippen LogP contribution is 2.25. The number of aliphatic carboxylic acids is 1. The van der Waals surface area contributed by atoms with Crippen molar-refractivity contribution < 1.29 is 23.1 Å². The molecule has 0 aromatic heterocycles. The van der Waals surface area contributed by atoms with Crippen molar-refractivity contribution in [1.82, 2.24) is 5.32 Å². The fraction of sp³-hybridized carbons (Fsp3) is 0.571. The number of nitrogens with one attached hydrogen (secondary N) is 1. The molecule has 0 amide bonds. The van der Waals surface area contributed by atoms with Gasteiger partial charge in [0.1, 0.15) is 0 Å². The Labute approximate surface area is 73.2 Å². The van der Waals surface area contributed by atoms with Crippen LogP contribution < -0.4 is 5.32 Å². The monoisotopic (exact) mass is 197 g/mol. The number of halogens is 3. The van der Waals surface area contributed by atoms with E-state index >= 15 is 0 Å². The van der Waals surface area contributed by atoms with Crippen molar-refractivity contribution in [2.45, 2.75) is 6.18 Å². The maximum Gasteiger partial charge on any atom is 0.403 e. The number of hydrogen-bond acceptors (Lipinski definition) is 2. The molecule has 76 valence electrons. The third-order valence-electron chi connectivity index (χ3n) is 1.33. The lowest BCUT2D eigenvalue weighted by atomic mass is 10.1. The number of alkyl halides is 3. The number of rotatable bonds is 5. The van der Waals surface area contributed by atoms with Crippen LogP contribution in [0.2, 0.25) is 0 Å². The van der Waals surface area contributed by atoms with E-state index in [0.29, 0.717) is 0 Å². The molecule has 0 radical (unpaired) electrons. The zero-order valence-electron chi connectivity index (χ0n) is 6.77. The van der Waals surface area contributed by atoms with Gasteiger partial charge in [0, 0.05) is 13.1 Å². The topological polar surface area (TPSA) is 49.3 Å². The molecule has 0 aliphatic heterocycles. The maximum absolute atomic E-state index is 12.0. The lowest BCUT2D eigenvalue weighted by Gasteiger charge is -2.15. The fourth-order valence-electron chi connectivity index (χ4n) is 0.673. The Kier molecular flexibility index (Phi) is 4.47. The zero-order valence-corrected chi connectivity index (χ0v) is 6.77. The van der Waals surface area contributed by atoms with Gasteiger partial charge in [-0.2, -0.15) is 13.2 Å². The Morgan fingerprint density at radius 2 is 2.15 bits per heavy atom. The minimum atomic E-state index is -4.71. The Morgan fingerprint density at radius 1 is 1.62 bits per heavy atom. The first-order valence-corrected chi connectivity index (χ1v) is 3.50. The summed E-state index contributed by atoms with van der Waals surface area (Å²) in [5.41, 5.74) is 0. The second kappa shape index (κ2) is 4.86. The lowest BCUT2D eigenvalue weighted by Crippen LogP contribution is -2.39. The molecule has 0 aromatic rings. The molecule has 1 unspecified atom stereocenters. The predicted octanol–water partition coefficient (Wildman–Crippen LogP) is 1.03. The van der Waals surface area contributed by atoms with Crippen molar-refractivity contribution in [2.24, 2.45) is 5.92 Å². The molecule has 1 atom stereocenters. The second-order valence-corrected chi connectivity index (χ2v) is 2.38. The van der Waals surface area contributed by atoms with Crippen molar-refractivity contribution in [1.29, 1.82) is 0 Å². The molecule has 0 saturated heterocycles. The van der Waals surface area contributed by atoms with Crippen molar-refractivity contribution in [3.63, 3.8) is 0 Å². The fourth-order valence-corrected chi connectivity index (χ4v) is 0.673. The van der Waals surface area contributed by atoms with Gasteiger partial charge in [-0.05, 0) is 0 Å². The second-order valence-electron chi connectivity index (χ2n) is 2.38. The van der Waals surface area contributed by atoms with Crippen molar-refractivity contribution >= 4 is 5.97 Å². The third kappa shape index (κ3) is 4.51. The molecule has 0 heterocycles. The van der Waals surface area contributed by atoms with Gasteiger partial charge in [-0.1, -0.05) is 6.08 Å². The highest BCUT2D eigenvalue weighted by molar-refractivity contribution is 5.71. The first-order valence-electron chi connectivity index (χ1n) is 3.50. The van der Waals surface area contributed by atoms with Crippen LogP contribution in [0.3, 0.4) is 0 Å². The Balaban J connectivity index is 4.12. The van der Waals surface area contributed by atoms with E-state index in [-0.39, 0.29) is 6.54 Å². The van der Waals surface area contributed by atoms with E-state index in [1.165, 1.54) is 6.08 Å². The molecular weight excluding hydrogens is 187 g/mol. The first-order chi connectivity index (χ1) is 5.89. The minimum Gasteiger partial charge on any atom is -0.481 e. The predicted molar refractivity (Wildman–Crippen MR) is 40.2 cm³/mol. The zero-order chi connectivity index (χ0) is 10.5. The van der Waals surface area contributed by atoms with Crippen LogP contribution in [0.4, 0.5) is 13.2 Å². The summed E-state index contributed by atoms with van der Waals surface area (Å²) in [5.74, 6) is -4.23. The molecular formula is C7H10F3NO2. The first kappa shape index (κ1) is 12.0. The number of carbonyl (C=O) groups is 1. The Morgan fingerprint density at radius 3 is 2.46 bits per heavy atom. The summed E-state index contributed by atoms with van der Waals surface area (Å²) in [4.78, 5) is 10.2. The summed E-state index contributed by atoms with van der Waals surface area (Å²) < 4.78 is 35.9. The van der Waals surface area contributed by atoms with Gasteiger partial charge < -0.3 is 10.4 Å². The average Bonchev–Trinajstić information content (AvgIpc) is 1.94. The van der Waals surface area contributed by atoms with Crippen LogP contribution in [0.15, 0.2) is 12.7 Å². The molecule has 0 rings (SSSR count). The van der Waals surface area contributed by atoms with E-state index in [4.69, 9.17) is 5.11 Å². The molecule has 6 heteroatoms. The van der Waals surface area contributed by atoms with Gasteiger partial charge in [-0.25, -0.2) is 0 Å². The molecule has 0 aliphatic carbocycles. The molecule has 13 heavy (non-hydrogen) atoms. The SMILES string of the molecule is C=CCNCC(C(=O)O)C(F)(F)F. The highest BCUT2D eigenvalue weighted by atomic mass is 19.4. The smallest absolute Gasteiger partial charge is 0.403 e. The van der Waals surface area contributed by atoms with Crippen molar-refractivity contribution in [3.05, 3.63) is 12.7 Å². The molecule has 0 aliphatic rings. The van der Waals surface area contributed by atoms with E-state index in [1.807, 2.05) is 0 Å². The maximum atomic E-state index is 12.0. The van der Waals surface area contributed by atoms with Gasteiger partial charge in [0.25, 0.3) is 0 Å². The van der Waals surface area contributed by atoms with Crippen molar-refractivity contribution in [3.8, 4) is 0 Å². The van der Waals surface area contributed by atoms with Gasteiger partial charge in [0.05, 0.1) is 0 Å². The van der Waals surface area contributed by atoms with Crippen molar-refractivity contribution in [2.75, 3.05) is 13.1 Å². The van der Waals surface area contributed by atoms with E-state index in [9.17, 15) is 18.0 Å². The van der Waals surface area contributed by atoms with Gasteiger partial charge in [0.15, 0.2) is 5.92 Å². The van der Waals surface area contributed by atoms with Gasteiger partial charge >= 0.3 is 12.1 Å². The summed E-state index contributed by atoms with van der Waals surface area (Å²) in [7, 11) is 0.